The second kappa shape index (κ2) is 8.61. The van der Waals surface area contributed by atoms with Gasteiger partial charge in [0.25, 0.3) is 5.91 Å². The number of nitrogens with zero attached hydrogens (tertiary/aromatic N) is 2. The van der Waals surface area contributed by atoms with Gasteiger partial charge in [-0.15, -0.1) is 0 Å². The fourth-order valence-corrected chi connectivity index (χ4v) is 3.08. The highest BCUT2D eigenvalue weighted by atomic mass is 16.5. The van der Waals surface area contributed by atoms with E-state index in [1.54, 1.807) is 18.5 Å². The number of anilines is 3. The molecule has 2 N–H and O–H groups in total. The number of amides is 1. The van der Waals surface area contributed by atoms with E-state index < -0.39 is 0 Å². The minimum absolute atomic E-state index is 0.0701. The van der Waals surface area contributed by atoms with Crippen molar-refractivity contribution in [1.82, 2.24) is 9.97 Å². The molecule has 4 rings (SSSR count). The van der Waals surface area contributed by atoms with Crippen LogP contribution < -0.4 is 15.4 Å². The van der Waals surface area contributed by atoms with E-state index in [4.69, 9.17) is 4.74 Å². The Kier molecular flexibility index (Phi) is 5.57. The third-order valence-corrected chi connectivity index (χ3v) is 4.41. The first-order valence-electron chi connectivity index (χ1n) is 9.74. The maximum Gasteiger partial charge on any atom is 0.274 e. The Morgan fingerprint density at radius 3 is 2.50 bits per heavy atom. The van der Waals surface area contributed by atoms with Crippen molar-refractivity contribution < 1.29 is 9.53 Å². The van der Waals surface area contributed by atoms with Crippen LogP contribution in [0.2, 0.25) is 0 Å². The fourth-order valence-electron chi connectivity index (χ4n) is 3.08. The fraction of sp³-hybridized carbons (Fsp3) is 0.125. The monoisotopic (exact) mass is 398 g/mol. The number of rotatable bonds is 6. The summed E-state index contributed by atoms with van der Waals surface area (Å²) in [5, 5.41) is 7.15. The summed E-state index contributed by atoms with van der Waals surface area (Å²) in [7, 11) is 0. The number of aromatic nitrogens is 2. The molecular weight excluding hydrogens is 376 g/mol. The average Bonchev–Trinajstić information content (AvgIpc) is 2.75. The molecule has 0 radical (unpaired) electrons. The lowest BCUT2D eigenvalue weighted by molar-refractivity contribution is 0.102. The maximum atomic E-state index is 12.7. The first kappa shape index (κ1) is 19.4. The number of nitrogens with one attached hydrogen (secondary N) is 2. The van der Waals surface area contributed by atoms with Crippen molar-refractivity contribution in [3.63, 3.8) is 0 Å². The Morgan fingerprint density at radius 2 is 1.70 bits per heavy atom. The van der Waals surface area contributed by atoms with Crippen LogP contribution >= 0.6 is 0 Å². The molecule has 0 aliphatic heterocycles. The van der Waals surface area contributed by atoms with Gasteiger partial charge in [0.2, 0.25) is 0 Å². The van der Waals surface area contributed by atoms with E-state index in [0.717, 1.165) is 28.0 Å². The molecule has 0 fully saturated rings. The summed E-state index contributed by atoms with van der Waals surface area (Å²) >= 11 is 0. The summed E-state index contributed by atoms with van der Waals surface area (Å²) in [5.41, 5.74) is 3.32. The van der Waals surface area contributed by atoms with Crippen molar-refractivity contribution in [2.75, 3.05) is 10.6 Å². The van der Waals surface area contributed by atoms with Crippen LogP contribution in [0.3, 0.4) is 0 Å². The number of carbonyl (C=O) groups excluding carboxylic acids is 1. The molecule has 4 aromatic rings. The van der Waals surface area contributed by atoms with Crippen LogP contribution in [0.5, 0.6) is 5.75 Å². The van der Waals surface area contributed by atoms with Crippen LogP contribution in [0.15, 0.2) is 79.1 Å². The quantitative estimate of drug-likeness (QED) is 0.454. The number of carbonyl (C=O) groups is 1. The Labute approximate surface area is 175 Å². The summed E-state index contributed by atoms with van der Waals surface area (Å²) in [4.78, 5) is 21.3. The van der Waals surface area contributed by atoms with Gasteiger partial charge in [0.15, 0.2) is 0 Å². The summed E-state index contributed by atoms with van der Waals surface area (Å²) in [6, 6.07) is 20.7. The van der Waals surface area contributed by atoms with Gasteiger partial charge < -0.3 is 15.4 Å². The van der Waals surface area contributed by atoms with E-state index >= 15 is 0 Å². The Hall–Kier alpha value is -3.93. The van der Waals surface area contributed by atoms with Crippen LogP contribution in [0, 0.1) is 0 Å². The zero-order valence-corrected chi connectivity index (χ0v) is 16.8. The molecule has 30 heavy (non-hydrogen) atoms. The van der Waals surface area contributed by atoms with Crippen molar-refractivity contribution in [2.45, 2.75) is 20.0 Å². The molecule has 0 saturated carbocycles. The highest BCUT2D eigenvalue weighted by Crippen LogP contribution is 2.28. The lowest BCUT2D eigenvalue weighted by Gasteiger charge is -2.15. The first-order chi connectivity index (χ1) is 14.6. The van der Waals surface area contributed by atoms with E-state index in [2.05, 4.69) is 20.6 Å². The Morgan fingerprint density at radius 1 is 0.900 bits per heavy atom. The van der Waals surface area contributed by atoms with Crippen molar-refractivity contribution in [2.24, 2.45) is 0 Å². The van der Waals surface area contributed by atoms with Gasteiger partial charge in [-0.1, -0.05) is 30.3 Å². The smallest absolute Gasteiger partial charge is 0.274 e. The van der Waals surface area contributed by atoms with E-state index in [1.165, 1.54) is 0 Å². The van der Waals surface area contributed by atoms with E-state index in [9.17, 15) is 4.79 Å². The molecule has 0 aliphatic carbocycles. The number of pyridine rings is 2. The second-order valence-electron chi connectivity index (χ2n) is 7.05. The molecule has 0 spiro atoms. The van der Waals surface area contributed by atoms with Crippen molar-refractivity contribution in [3.8, 4) is 5.75 Å². The lowest BCUT2D eigenvalue weighted by atomic mass is 10.2. The van der Waals surface area contributed by atoms with Crippen molar-refractivity contribution >= 4 is 33.9 Å². The number of ether oxygens (including phenoxy) is 1. The summed E-state index contributed by atoms with van der Waals surface area (Å²) in [6.07, 6.45) is 3.40. The molecule has 2 heterocycles. The summed E-state index contributed by atoms with van der Waals surface area (Å²) in [6.45, 7) is 3.97. The van der Waals surface area contributed by atoms with Gasteiger partial charge in [0, 0.05) is 11.6 Å². The minimum atomic E-state index is -0.289. The van der Waals surface area contributed by atoms with E-state index in [-0.39, 0.29) is 12.0 Å². The third-order valence-electron chi connectivity index (χ3n) is 4.41. The largest absolute Gasteiger partial charge is 0.489 e. The molecule has 0 saturated heterocycles. The molecular formula is C24H22N4O2. The van der Waals surface area contributed by atoms with E-state index in [0.29, 0.717) is 11.4 Å². The number of fused-ring (bicyclic) bond motifs is 1. The summed E-state index contributed by atoms with van der Waals surface area (Å²) in [5.74, 6) is 0.473. The molecule has 2 aromatic heterocycles. The van der Waals surface area contributed by atoms with Gasteiger partial charge >= 0.3 is 0 Å². The Bertz CT molecular complexity index is 1170. The molecule has 150 valence electrons. The maximum absolute atomic E-state index is 12.7. The third kappa shape index (κ3) is 4.38. The molecule has 6 heteroatoms. The first-order valence-corrected chi connectivity index (χ1v) is 9.74. The van der Waals surface area contributed by atoms with Crippen molar-refractivity contribution in [3.05, 3.63) is 84.8 Å². The molecule has 2 aromatic carbocycles. The highest BCUT2D eigenvalue weighted by molar-refractivity contribution is 6.07. The van der Waals surface area contributed by atoms with Gasteiger partial charge in [-0.2, -0.15) is 0 Å². The zero-order valence-electron chi connectivity index (χ0n) is 16.8. The highest BCUT2D eigenvalue weighted by Gasteiger charge is 2.11. The topological polar surface area (TPSA) is 76.1 Å². The second-order valence-corrected chi connectivity index (χ2v) is 7.05. The average molecular weight is 398 g/mol. The van der Waals surface area contributed by atoms with Crippen LogP contribution in [0.4, 0.5) is 17.1 Å². The number of hydrogen-bond donors (Lipinski definition) is 2. The molecule has 6 nitrogen and oxygen atoms in total. The minimum Gasteiger partial charge on any atom is -0.489 e. The standard InChI is InChI=1S/C24H22N4O2/c1-16(2)30-22-11-4-3-9-19(22)27-18-12-13-21(26-15-18)24(29)28-20-10-5-7-17-8-6-14-25-23(17)20/h3-16,27H,1-2H3,(H,28,29). The zero-order chi connectivity index (χ0) is 20.9. The SMILES string of the molecule is CC(C)Oc1ccccc1Nc1ccc(C(=O)Nc2cccc3cccnc23)nc1. The van der Waals surface area contributed by atoms with Crippen LogP contribution in [0.1, 0.15) is 24.3 Å². The molecule has 0 atom stereocenters. The van der Waals surface area contributed by atoms with E-state index in [1.807, 2.05) is 74.5 Å². The predicted molar refractivity (Wildman–Crippen MR) is 119 cm³/mol. The molecule has 0 bridgehead atoms. The van der Waals surface area contributed by atoms with Crippen LogP contribution in [-0.4, -0.2) is 22.0 Å². The van der Waals surface area contributed by atoms with Gasteiger partial charge in [-0.05, 0) is 50.2 Å². The summed E-state index contributed by atoms with van der Waals surface area (Å²) < 4.78 is 5.83. The lowest BCUT2D eigenvalue weighted by Crippen LogP contribution is -2.14. The molecule has 1 amide bonds. The number of para-hydroxylation sites is 3. The Balaban J connectivity index is 1.49. The molecule has 0 aliphatic rings. The van der Waals surface area contributed by atoms with Gasteiger partial charge in [0.05, 0.1) is 34.9 Å². The van der Waals surface area contributed by atoms with Crippen LogP contribution in [0.25, 0.3) is 10.9 Å². The van der Waals surface area contributed by atoms with Crippen molar-refractivity contribution in [1.29, 1.82) is 0 Å². The van der Waals surface area contributed by atoms with Gasteiger partial charge in [-0.25, -0.2) is 4.98 Å². The van der Waals surface area contributed by atoms with Crippen LogP contribution in [-0.2, 0) is 0 Å². The predicted octanol–water partition coefficient (Wildman–Crippen LogP) is 5.41. The normalized spacial score (nSPS) is 10.8. The van der Waals surface area contributed by atoms with Gasteiger partial charge in [-0.3, -0.25) is 9.78 Å². The molecule has 0 unspecified atom stereocenters. The number of benzene rings is 2. The van der Waals surface area contributed by atoms with Gasteiger partial charge in [0.1, 0.15) is 11.4 Å². The number of hydrogen-bond acceptors (Lipinski definition) is 5.